The molecule has 1 N–H and O–H groups in total. The quantitative estimate of drug-likeness (QED) is 0.871. The number of nitrogens with zero attached hydrogens (tertiary/aromatic N) is 1. The number of hydrogen-bond acceptors (Lipinski definition) is 5. The molecule has 1 fully saturated rings. The monoisotopic (exact) mass is 326 g/mol. The molecule has 0 spiro atoms. The average Bonchev–Trinajstić information content (AvgIpc) is 2.86. The first kappa shape index (κ1) is 15.1. The lowest BCUT2D eigenvalue weighted by atomic mass is 10.2. The Balaban J connectivity index is 1.77. The van der Waals surface area contributed by atoms with Gasteiger partial charge in [0.1, 0.15) is 13.2 Å². The van der Waals surface area contributed by atoms with Gasteiger partial charge < -0.3 is 14.4 Å². The Labute approximate surface area is 129 Å². The van der Waals surface area contributed by atoms with Crippen molar-refractivity contribution in [3.63, 3.8) is 0 Å². The molecular weight excluding hydrogens is 308 g/mol. The fourth-order valence-electron chi connectivity index (χ4n) is 2.57. The third-order valence-corrected chi connectivity index (χ3v) is 5.14. The number of anilines is 1. The Kier molecular flexibility index (Phi) is 3.96. The van der Waals surface area contributed by atoms with Gasteiger partial charge in [0, 0.05) is 30.8 Å². The summed E-state index contributed by atoms with van der Waals surface area (Å²) in [5, 5.41) is 0. The molecule has 0 unspecified atom stereocenters. The first-order chi connectivity index (χ1) is 10.5. The van der Waals surface area contributed by atoms with Crippen LogP contribution in [0.15, 0.2) is 18.2 Å². The summed E-state index contributed by atoms with van der Waals surface area (Å²) in [4.78, 5) is 13.7. The fourth-order valence-corrected chi connectivity index (χ4v) is 3.41. The maximum atomic E-state index is 12.1. The second kappa shape index (κ2) is 5.77. The number of sulfonamides is 1. The molecule has 2 aliphatic heterocycles. The minimum atomic E-state index is -3.32. The van der Waals surface area contributed by atoms with Crippen molar-refractivity contribution in [1.82, 2.24) is 4.72 Å². The number of fused-ring (bicyclic) bond motifs is 1. The van der Waals surface area contributed by atoms with E-state index in [0.717, 1.165) is 0 Å². The molecule has 0 aromatic heterocycles. The van der Waals surface area contributed by atoms with Crippen LogP contribution in [-0.4, -0.2) is 45.9 Å². The summed E-state index contributed by atoms with van der Waals surface area (Å²) in [5.74, 6) is 1.15. The Bertz CT molecular complexity index is 688. The normalized spacial score (nSPS) is 21.2. The predicted octanol–water partition coefficient (Wildman–Crippen LogP) is 0.502. The van der Waals surface area contributed by atoms with Gasteiger partial charge in [-0.05, 0) is 19.1 Å². The molecule has 1 aromatic rings. The Hall–Kier alpha value is -1.80. The van der Waals surface area contributed by atoms with Gasteiger partial charge in [-0.25, -0.2) is 13.1 Å². The molecule has 0 saturated carbocycles. The van der Waals surface area contributed by atoms with Crippen LogP contribution in [0.4, 0.5) is 5.69 Å². The van der Waals surface area contributed by atoms with E-state index in [4.69, 9.17) is 9.47 Å². The summed E-state index contributed by atoms with van der Waals surface area (Å²) in [6.07, 6.45) is 0.160. The first-order valence-corrected chi connectivity index (χ1v) is 8.84. The number of hydrogen-bond donors (Lipinski definition) is 1. The van der Waals surface area contributed by atoms with Gasteiger partial charge in [0.05, 0.1) is 5.75 Å². The molecule has 1 aromatic carbocycles. The summed E-state index contributed by atoms with van der Waals surface area (Å²) in [7, 11) is -3.32. The summed E-state index contributed by atoms with van der Waals surface area (Å²) < 4.78 is 36.7. The highest BCUT2D eigenvalue weighted by atomic mass is 32.2. The number of amides is 1. The zero-order valence-corrected chi connectivity index (χ0v) is 13.1. The second-order valence-electron chi connectivity index (χ2n) is 5.25. The summed E-state index contributed by atoms with van der Waals surface area (Å²) in [6, 6.07) is 4.90. The highest BCUT2D eigenvalue weighted by Gasteiger charge is 2.33. The van der Waals surface area contributed by atoms with Gasteiger partial charge in [-0.1, -0.05) is 0 Å². The molecule has 0 aliphatic carbocycles. The van der Waals surface area contributed by atoms with Gasteiger partial charge in [0.15, 0.2) is 11.5 Å². The van der Waals surface area contributed by atoms with E-state index in [1.807, 2.05) is 0 Å². The number of carbonyl (C=O) groups excluding carboxylic acids is 1. The van der Waals surface area contributed by atoms with Gasteiger partial charge in [-0.2, -0.15) is 0 Å². The van der Waals surface area contributed by atoms with Crippen LogP contribution in [0.5, 0.6) is 11.5 Å². The molecule has 7 nitrogen and oxygen atoms in total. The maximum Gasteiger partial charge on any atom is 0.228 e. The van der Waals surface area contributed by atoms with Crippen LogP contribution in [0, 0.1) is 0 Å². The van der Waals surface area contributed by atoms with E-state index in [0.29, 0.717) is 36.9 Å². The largest absolute Gasteiger partial charge is 0.486 e. The zero-order chi connectivity index (χ0) is 15.7. The van der Waals surface area contributed by atoms with Gasteiger partial charge in [-0.15, -0.1) is 0 Å². The Morgan fingerprint density at radius 2 is 2.00 bits per heavy atom. The minimum absolute atomic E-state index is 0.00170. The topological polar surface area (TPSA) is 84.9 Å². The molecule has 1 atom stereocenters. The van der Waals surface area contributed by atoms with E-state index in [2.05, 4.69) is 4.72 Å². The molecule has 120 valence electrons. The van der Waals surface area contributed by atoms with Crippen LogP contribution < -0.4 is 19.1 Å². The molecule has 3 rings (SSSR count). The predicted molar refractivity (Wildman–Crippen MR) is 80.8 cm³/mol. The third-order valence-electron chi connectivity index (χ3n) is 3.69. The number of benzene rings is 1. The second-order valence-corrected chi connectivity index (χ2v) is 7.30. The summed E-state index contributed by atoms with van der Waals surface area (Å²) >= 11 is 0. The highest BCUT2D eigenvalue weighted by molar-refractivity contribution is 7.89. The minimum Gasteiger partial charge on any atom is -0.486 e. The third kappa shape index (κ3) is 3.02. The zero-order valence-electron chi connectivity index (χ0n) is 12.2. The molecular formula is C14H18N2O5S. The lowest BCUT2D eigenvalue weighted by Gasteiger charge is -2.22. The van der Waals surface area contributed by atoms with Gasteiger partial charge in [0.2, 0.25) is 15.9 Å². The van der Waals surface area contributed by atoms with Crippen LogP contribution in [0.3, 0.4) is 0 Å². The summed E-state index contributed by atoms with van der Waals surface area (Å²) in [5.41, 5.74) is 0.687. The number of rotatable bonds is 4. The summed E-state index contributed by atoms with van der Waals surface area (Å²) in [6.45, 7) is 2.87. The molecule has 0 bridgehead atoms. The molecule has 8 heteroatoms. The van der Waals surface area contributed by atoms with Crippen molar-refractivity contribution in [2.45, 2.75) is 19.4 Å². The van der Waals surface area contributed by atoms with Crippen molar-refractivity contribution >= 4 is 21.6 Å². The Morgan fingerprint density at radius 1 is 1.27 bits per heavy atom. The molecule has 22 heavy (non-hydrogen) atoms. The van der Waals surface area contributed by atoms with E-state index in [1.54, 1.807) is 30.0 Å². The molecule has 1 saturated heterocycles. The van der Waals surface area contributed by atoms with Crippen molar-refractivity contribution < 1.29 is 22.7 Å². The van der Waals surface area contributed by atoms with E-state index in [-0.39, 0.29) is 18.1 Å². The van der Waals surface area contributed by atoms with Crippen LogP contribution in [0.25, 0.3) is 0 Å². The smallest absolute Gasteiger partial charge is 0.228 e. The van der Waals surface area contributed by atoms with Crippen molar-refractivity contribution in [3.8, 4) is 11.5 Å². The van der Waals surface area contributed by atoms with Crippen molar-refractivity contribution in [1.29, 1.82) is 0 Å². The van der Waals surface area contributed by atoms with E-state index >= 15 is 0 Å². The van der Waals surface area contributed by atoms with Crippen LogP contribution in [0.1, 0.15) is 13.3 Å². The molecule has 0 radical (unpaired) electrons. The van der Waals surface area contributed by atoms with E-state index in [9.17, 15) is 13.2 Å². The van der Waals surface area contributed by atoms with Crippen LogP contribution >= 0.6 is 0 Å². The Morgan fingerprint density at radius 3 is 2.73 bits per heavy atom. The van der Waals surface area contributed by atoms with E-state index in [1.165, 1.54) is 0 Å². The first-order valence-electron chi connectivity index (χ1n) is 7.18. The maximum absolute atomic E-state index is 12.1. The average molecular weight is 326 g/mol. The van der Waals surface area contributed by atoms with E-state index < -0.39 is 16.1 Å². The highest BCUT2D eigenvalue weighted by Crippen LogP contribution is 2.35. The number of carbonyl (C=O) groups is 1. The lowest BCUT2D eigenvalue weighted by molar-refractivity contribution is -0.117. The van der Waals surface area contributed by atoms with Crippen molar-refractivity contribution in [3.05, 3.63) is 18.2 Å². The van der Waals surface area contributed by atoms with Gasteiger partial charge in [-0.3, -0.25) is 4.79 Å². The molecule has 2 aliphatic rings. The van der Waals surface area contributed by atoms with Gasteiger partial charge in [0.25, 0.3) is 0 Å². The number of ether oxygens (including phenoxy) is 2. The number of nitrogens with one attached hydrogen (secondary N) is 1. The lowest BCUT2D eigenvalue weighted by Crippen LogP contribution is -2.37. The van der Waals surface area contributed by atoms with Gasteiger partial charge >= 0.3 is 0 Å². The van der Waals surface area contributed by atoms with Crippen molar-refractivity contribution in [2.24, 2.45) is 0 Å². The van der Waals surface area contributed by atoms with Crippen LogP contribution in [-0.2, 0) is 14.8 Å². The molecule has 2 heterocycles. The van der Waals surface area contributed by atoms with Crippen LogP contribution in [0.2, 0.25) is 0 Å². The van der Waals surface area contributed by atoms with Crippen molar-refractivity contribution in [2.75, 3.05) is 30.4 Å². The fraction of sp³-hybridized carbons (Fsp3) is 0.500. The molecule has 1 amide bonds. The standard InChI is InChI=1S/C14H18N2O5S/c1-2-22(18,19)15-10-7-14(17)16(9-10)11-3-4-12-13(8-11)21-6-5-20-12/h3-4,8,10,15H,2,5-7,9H2,1H3/t10-/m0/s1. The SMILES string of the molecule is CCS(=O)(=O)N[C@H]1CC(=O)N(c2ccc3c(c2)OCCO3)C1.